The number of benzene rings is 1. The highest BCUT2D eigenvalue weighted by molar-refractivity contribution is 5.38. The summed E-state index contributed by atoms with van der Waals surface area (Å²) in [6.45, 7) is 1.92. The predicted molar refractivity (Wildman–Crippen MR) is 82.9 cm³/mol. The van der Waals surface area contributed by atoms with Crippen molar-refractivity contribution in [3.8, 4) is 0 Å². The lowest BCUT2D eigenvalue weighted by molar-refractivity contribution is 0.624. The van der Waals surface area contributed by atoms with Crippen LogP contribution in [0.25, 0.3) is 0 Å². The molecular weight excluding hydrogens is 279 g/mol. The number of pyridine rings is 1. The minimum atomic E-state index is -0.320. The van der Waals surface area contributed by atoms with Crippen LogP contribution in [0.2, 0.25) is 0 Å². The molecule has 0 aliphatic heterocycles. The first-order valence-electron chi connectivity index (χ1n) is 6.94. The summed E-state index contributed by atoms with van der Waals surface area (Å²) in [7, 11) is 0. The van der Waals surface area contributed by atoms with Crippen molar-refractivity contribution in [2.75, 3.05) is 5.32 Å². The zero-order valence-electron chi connectivity index (χ0n) is 12.1. The quantitative estimate of drug-likeness (QED) is 0.800. The predicted octanol–water partition coefficient (Wildman–Crippen LogP) is 3.52. The molecule has 0 spiro atoms. The number of rotatable bonds is 4. The van der Waals surface area contributed by atoms with E-state index in [1.54, 1.807) is 24.7 Å². The molecule has 0 fully saturated rings. The van der Waals surface area contributed by atoms with Crippen molar-refractivity contribution < 1.29 is 4.39 Å². The molecule has 0 amide bonds. The summed E-state index contributed by atoms with van der Waals surface area (Å²) < 4.78 is 13.6. The van der Waals surface area contributed by atoms with Gasteiger partial charge in [-0.05, 0) is 42.3 Å². The molecule has 1 N–H and O–H groups in total. The lowest BCUT2D eigenvalue weighted by Crippen LogP contribution is -2.15. The number of aryl methyl sites for hydroxylation is 1. The molecule has 22 heavy (non-hydrogen) atoms. The second kappa shape index (κ2) is 6.30. The smallest absolute Gasteiger partial charge is 0.223 e. The molecule has 0 bridgehead atoms. The van der Waals surface area contributed by atoms with Gasteiger partial charge in [0.2, 0.25) is 5.95 Å². The Morgan fingerprint density at radius 3 is 2.50 bits per heavy atom. The van der Waals surface area contributed by atoms with Crippen molar-refractivity contribution in [2.24, 2.45) is 0 Å². The lowest BCUT2D eigenvalue weighted by Gasteiger charge is -2.18. The van der Waals surface area contributed by atoms with Gasteiger partial charge in [-0.2, -0.15) is 0 Å². The van der Waals surface area contributed by atoms with Gasteiger partial charge in [0.15, 0.2) is 0 Å². The van der Waals surface area contributed by atoms with Crippen molar-refractivity contribution in [3.63, 3.8) is 0 Å². The van der Waals surface area contributed by atoms with Crippen LogP contribution in [-0.4, -0.2) is 15.0 Å². The van der Waals surface area contributed by atoms with E-state index in [1.807, 2.05) is 31.2 Å². The Morgan fingerprint density at radius 2 is 1.82 bits per heavy atom. The molecule has 2 aromatic heterocycles. The van der Waals surface area contributed by atoms with E-state index in [0.717, 1.165) is 16.8 Å². The molecule has 0 aliphatic carbocycles. The molecule has 0 radical (unpaired) electrons. The van der Waals surface area contributed by atoms with Crippen LogP contribution in [0.1, 0.15) is 22.9 Å². The summed E-state index contributed by atoms with van der Waals surface area (Å²) in [5.41, 5.74) is 2.52. The number of halogens is 1. The maximum atomic E-state index is 13.6. The molecular formula is C17H15FN4. The Hall–Kier alpha value is -2.82. The van der Waals surface area contributed by atoms with Crippen LogP contribution < -0.4 is 5.32 Å². The molecule has 110 valence electrons. The average molecular weight is 294 g/mol. The van der Waals surface area contributed by atoms with Crippen LogP contribution >= 0.6 is 0 Å². The highest BCUT2D eigenvalue weighted by Gasteiger charge is 2.16. The summed E-state index contributed by atoms with van der Waals surface area (Å²) in [6.07, 6.45) is 5.17. The molecule has 0 saturated heterocycles. The zero-order valence-corrected chi connectivity index (χ0v) is 12.1. The van der Waals surface area contributed by atoms with Gasteiger partial charge in [-0.1, -0.05) is 18.2 Å². The zero-order chi connectivity index (χ0) is 15.4. The maximum Gasteiger partial charge on any atom is 0.223 e. The molecule has 4 nitrogen and oxygen atoms in total. The molecule has 0 aliphatic rings. The van der Waals surface area contributed by atoms with Crippen molar-refractivity contribution in [1.82, 2.24) is 15.0 Å². The summed E-state index contributed by atoms with van der Waals surface area (Å²) in [5.74, 6) is 0.190. The first kappa shape index (κ1) is 14.1. The second-order valence-electron chi connectivity index (χ2n) is 4.97. The fraction of sp³-hybridized carbons (Fsp3) is 0.118. The minimum Gasteiger partial charge on any atom is -0.342 e. The third-order valence-corrected chi connectivity index (χ3v) is 3.22. The first-order valence-corrected chi connectivity index (χ1v) is 6.94. The van der Waals surface area contributed by atoms with E-state index in [-0.39, 0.29) is 11.9 Å². The molecule has 1 unspecified atom stereocenters. The number of hydrogen-bond donors (Lipinski definition) is 1. The van der Waals surface area contributed by atoms with Crippen molar-refractivity contribution in [3.05, 3.63) is 83.7 Å². The highest BCUT2D eigenvalue weighted by Crippen LogP contribution is 2.24. The van der Waals surface area contributed by atoms with Crippen molar-refractivity contribution in [1.29, 1.82) is 0 Å². The Balaban J connectivity index is 1.98. The molecule has 5 heteroatoms. The van der Waals surface area contributed by atoms with Gasteiger partial charge >= 0.3 is 0 Å². The molecule has 3 rings (SSSR count). The van der Waals surface area contributed by atoms with E-state index in [9.17, 15) is 4.39 Å². The van der Waals surface area contributed by atoms with Crippen LogP contribution in [0.4, 0.5) is 10.3 Å². The monoisotopic (exact) mass is 294 g/mol. The second-order valence-corrected chi connectivity index (χ2v) is 4.97. The van der Waals surface area contributed by atoms with E-state index in [1.165, 1.54) is 12.1 Å². The van der Waals surface area contributed by atoms with E-state index in [0.29, 0.717) is 5.95 Å². The van der Waals surface area contributed by atoms with Gasteiger partial charge in [-0.3, -0.25) is 4.98 Å². The number of hydrogen-bond acceptors (Lipinski definition) is 4. The van der Waals surface area contributed by atoms with Gasteiger partial charge in [0.05, 0.1) is 11.7 Å². The fourth-order valence-corrected chi connectivity index (χ4v) is 2.16. The van der Waals surface area contributed by atoms with Crippen LogP contribution in [0.3, 0.4) is 0 Å². The Bertz CT molecular complexity index is 744. The SMILES string of the molecule is Cc1cnc(NC(c2cccc(F)c2)c2ccccn2)nc1. The molecule has 3 aromatic rings. The van der Waals surface area contributed by atoms with Gasteiger partial charge in [-0.25, -0.2) is 14.4 Å². The average Bonchev–Trinajstić information content (AvgIpc) is 2.55. The molecule has 1 aromatic carbocycles. The van der Waals surface area contributed by atoms with Crippen LogP contribution in [-0.2, 0) is 0 Å². The molecule has 2 heterocycles. The topological polar surface area (TPSA) is 50.7 Å². The Labute approximate surface area is 128 Å². The molecule has 0 saturated carbocycles. The number of nitrogens with zero attached hydrogens (tertiary/aromatic N) is 3. The Kier molecular flexibility index (Phi) is 4.05. The maximum absolute atomic E-state index is 13.6. The largest absolute Gasteiger partial charge is 0.342 e. The summed E-state index contributed by atoms with van der Waals surface area (Å²) in [5, 5.41) is 3.21. The van der Waals surface area contributed by atoms with Crippen LogP contribution in [0.5, 0.6) is 0 Å². The van der Waals surface area contributed by atoms with Crippen LogP contribution in [0, 0.1) is 12.7 Å². The van der Waals surface area contributed by atoms with Crippen molar-refractivity contribution in [2.45, 2.75) is 13.0 Å². The van der Waals surface area contributed by atoms with Gasteiger partial charge in [0, 0.05) is 18.6 Å². The summed E-state index contributed by atoms with van der Waals surface area (Å²) >= 11 is 0. The number of aromatic nitrogens is 3. The van der Waals surface area contributed by atoms with Gasteiger partial charge in [0.1, 0.15) is 5.82 Å². The number of nitrogens with one attached hydrogen (secondary N) is 1. The first-order chi connectivity index (χ1) is 10.7. The van der Waals surface area contributed by atoms with Crippen molar-refractivity contribution >= 4 is 5.95 Å². The lowest BCUT2D eigenvalue weighted by atomic mass is 10.0. The number of anilines is 1. The van der Waals surface area contributed by atoms with Crippen LogP contribution in [0.15, 0.2) is 61.1 Å². The standard InChI is InChI=1S/C17H15FN4/c1-12-10-20-17(21-11-12)22-16(15-7-2-3-8-19-15)13-5-4-6-14(18)9-13/h2-11,16H,1H3,(H,20,21,22). The fourth-order valence-electron chi connectivity index (χ4n) is 2.16. The third-order valence-electron chi connectivity index (χ3n) is 3.22. The summed E-state index contributed by atoms with van der Waals surface area (Å²) in [4.78, 5) is 12.9. The highest BCUT2D eigenvalue weighted by atomic mass is 19.1. The Morgan fingerprint density at radius 1 is 1.00 bits per heavy atom. The van der Waals surface area contributed by atoms with Gasteiger partial charge < -0.3 is 5.32 Å². The van der Waals surface area contributed by atoms with Gasteiger partial charge in [0.25, 0.3) is 0 Å². The summed E-state index contributed by atoms with van der Waals surface area (Å²) in [6, 6.07) is 11.7. The normalized spacial score (nSPS) is 11.9. The van der Waals surface area contributed by atoms with Gasteiger partial charge in [-0.15, -0.1) is 0 Å². The van der Waals surface area contributed by atoms with E-state index in [4.69, 9.17) is 0 Å². The van der Waals surface area contributed by atoms with E-state index < -0.39 is 0 Å². The van der Waals surface area contributed by atoms with E-state index in [2.05, 4.69) is 20.3 Å². The third kappa shape index (κ3) is 3.25. The minimum absolute atomic E-state index is 0.287. The molecule has 1 atom stereocenters. The van der Waals surface area contributed by atoms with E-state index >= 15 is 0 Å².